The Balaban J connectivity index is 2.24. The van der Waals surface area contributed by atoms with Crippen molar-refractivity contribution in [2.75, 3.05) is 5.73 Å². The van der Waals surface area contributed by atoms with Crippen LogP contribution in [0, 0.1) is 11.6 Å². The minimum atomic E-state index is -0.985. The van der Waals surface area contributed by atoms with Gasteiger partial charge in [-0.2, -0.15) is 0 Å². The molecule has 0 saturated heterocycles. The smallest absolute Gasteiger partial charge is 0.179 e. The van der Waals surface area contributed by atoms with Gasteiger partial charge >= 0.3 is 0 Å². The van der Waals surface area contributed by atoms with Crippen LogP contribution in [0.2, 0.25) is 0 Å². The summed E-state index contributed by atoms with van der Waals surface area (Å²) in [4.78, 5) is 0. The van der Waals surface area contributed by atoms with E-state index in [0.29, 0.717) is 5.56 Å². The Bertz CT molecular complexity index is 754. The number of nitrogens with two attached hydrogens (primary N) is 1. The molecule has 0 radical (unpaired) electrons. The second kappa shape index (κ2) is 4.77. The summed E-state index contributed by atoms with van der Waals surface area (Å²) in [5.41, 5.74) is 6.95. The second-order valence-corrected chi connectivity index (χ2v) is 4.24. The highest BCUT2D eigenvalue weighted by atomic mass is 19.2. The molecule has 0 aliphatic carbocycles. The molecule has 0 aliphatic heterocycles. The minimum Gasteiger partial charge on any atom is -0.380 e. The van der Waals surface area contributed by atoms with Crippen LogP contribution in [-0.4, -0.2) is 5.16 Å². The van der Waals surface area contributed by atoms with Crippen molar-refractivity contribution in [3.63, 3.8) is 0 Å². The Kier molecular flexibility index (Phi) is 2.95. The number of nitrogens with zero attached hydrogens (tertiary/aromatic N) is 1. The van der Waals surface area contributed by atoms with Gasteiger partial charge in [-0.1, -0.05) is 41.6 Å². The average Bonchev–Trinajstić information content (AvgIpc) is 2.84. The first-order chi connectivity index (χ1) is 9.68. The van der Waals surface area contributed by atoms with E-state index in [1.54, 1.807) is 12.1 Å². The molecule has 0 atom stereocenters. The summed E-state index contributed by atoms with van der Waals surface area (Å²) >= 11 is 0. The van der Waals surface area contributed by atoms with Crippen LogP contribution in [0.15, 0.2) is 53.1 Å². The molecule has 3 nitrogen and oxygen atoms in total. The molecule has 0 spiro atoms. The molecule has 0 aliphatic rings. The highest BCUT2D eigenvalue weighted by molar-refractivity contribution is 5.86. The Morgan fingerprint density at radius 2 is 1.70 bits per heavy atom. The lowest BCUT2D eigenvalue weighted by Crippen LogP contribution is -1.91. The number of anilines is 1. The van der Waals surface area contributed by atoms with Gasteiger partial charge in [-0.05, 0) is 17.7 Å². The summed E-state index contributed by atoms with van der Waals surface area (Å²) in [6, 6.07) is 12.9. The zero-order valence-corrected chi connectivity index (χ0v) is 10.3. The van der Waals surface area contributed by atoms with E-state index in [0.717, 1.165) is 11.6 Å². The lowest BCUT2D eigenvalue weighted by molar-refractivity contribution is 0.430. The third-order valence-electron chi connectivity index (χ3n) is 2.98. The lowest BCUT2D eigenvalue weighted by atomic mass is 10.0. The van der Waals surface area contributed by atoms with Crippen LogP contribution in [-0.2, 0) is 0 Å². The van der Waals surface area contributed by atoms with Crippen LogP contribution >= 0.6 is 0 Å². The van der Waals surface area contributed by atoms with Crippen molar-refractivity contribution in [2.45, 2.75) is 0 Å². The zero-order valence-electron chi connectivity index (χ0n) is 10.3. The molecule has 3 rings (SSSR count). The maximum atomic E-state index is 13.9. The number of halogens is 2. The van der Waals surface area contributed by atoms with Crippen LogP contribution in [0.5, 0.6) is 0 Å². The first-order valence-electron chi connectivity index (χ1n) is 5.93. The normalized spacial score (nSPS) is 10.7. The molecular formula is C15H10F2N2O. The molecule has 0 saturated carbocycles. The molecule has 100 valence electrons. The third kappa shape index (κ3) is 1.93. The third-order valence-corrected chi connectivity index (χ3v) is 2.98. The van der Waals surface area contributed by atoms with Crippen molar-refractivity contribution in [3.05, 3.63) is 60.2 Å². The van der Waals surface area contributed by atoms with Gasteiger partial charge < -0.3 is 10.3 Å². The van der Waals surface area contributed by atoms with Gasteiger partial charge in [-0.25, -0.2) is 8.78 Å². The number of hydrogen-bond acceptors (Lipinski definition) is 3. The van der Waals surface area contributed by atoms with Crippen molar-refractivity contribution in [1.82, 2.24) is 5.16 Å². The van der Waals surface area contributed by atoms with Gasteiger partial charge in [0.2, 0.25) is 0 Å². The van der Waals surface area contributed by atoms with E-state index in [9.17, 15) is 8.78 Å². The molecule has 5 heteroatoms. The SMILES string of the molecule is Nc1noc(-c2cccc(F)c2F)c1-c1ccccc1. The van der Waals surface area contributed by atoms with E-state index >= 15 is 0 Å². The van der Waals surface area contributed by atoms with E-state index in [2.05, 4.69) is 5.16 Å². The maximum absolute atomic E-state index is 13.9. The van der Waals surface area contributed by atoms with Gasteiger partial charge in [0.05, 0.1) is 11.1 Å². The van der Waals surface area contributed by atoms with E-state index in [1.807, 2.05) is 18.2 Å². The summed E-state index contributed by atoms with van der Waals surface area (Å²) < 4.78 is 32.3. The first-order valence-corrected chi connectivity index (χ1v) is 5.93. The van der Waals surface area contributed by atoms with Gasteiger partial charge in [-0.15, -0.1) is 0 Å². The highest BCUT2D eigenvalue weighted by Crippen LogP contribution is 2.37. The van der Waals surface area contributed by atoms with Gasteiger partial charge in [0, 0.05) is 0 Å². The fourth-order valence-corrected chi connectivity index (χ4v) is 2.05. The van der Waals surface area contributed by atoms with Crippen molar-refractivity contribution in [2.24, 2.45) is 0 Å². The van der Waals surface area contributed by atoms with Gasteiger partial charge in [0.1, 0.15) is 0 Å². The molecule has 2 N–H and O–H groups in total. The van der Waals surface area contributed by atoms with Crippen molar-refractivity contribution < 1.29 is 13.3 Å². The van der Waals surface area contributed by atoms with Crippen LogP contribution in [0.1, 0.15) is 0 Å². The summed E-state index contributed by atoms with van der Waals surface area (Å²) in [5, 5.41) is 3.65. The number of rotatable bonds is 2. The molecule has 2 aromatic carbocycles. The monoisotopic (exact) mass is 272 g/mol. The number of aromatic nitrogens is 1. The van der Waals surface area contributed by atoms with Crippen molar-refractivity contribution in [3.8, 4) is 22.5 Å². The predicted molar refractivity (Wildman–Crippen MR) is 71.7 cm³/mol. The zero-order chi connectivity index (χ0) is 14.1. The highest BCUT2D eigenvalue weighted by Gasteiger charge is 2.21. The maximum Gasteiger partial charge on any atom is 0.179 e. The van der Waals surface area contributed by atoms with Crippen molar-refractivity contribution in [1.29, 1.82) is 0 Å². The summed E-state index contributed by atoms with van der Waals surface area (Å²) in [6.45, 7) is 0. The largest absolute Gasteiger partial charge is 0.380 e. The van der Waals surface area contributed by atoms with Gasteiger partial charge in [-0.3, -0.25) is 0 Å². The molecule has 20 heavy (non-hydrogen) atoms. The van der Waals surface area contributed by atoms with Crippen LogP contribution in [0.25, 0.3) is 22.5 Å². The Hall–Kier alpha value is -2.69. The number of benzene rings is 2. The van der Waals surface area contributed by atoms with E-state index in [1.165, 1.54) is 12.1 Å². The Labute approximate surface area is 113 Å². The predicted octanol–water partition coefficient (Wildman–Crippen LogP) is 3.87. The lowest BCUT2D eigenvalue weighted by Gasteiger charge is -2.04. The molecule has 0 amide bonds. The van der Waals surface area contributed by atoms with Gasteiger partial charge in [0.25, 0.3) is 0 Å². The summed E-state index contributed by atoms with van der Waals surface area (Å²) in [5.74, 6) is -1.68. The Morgan fingerprint density at radius 3 is 2.45 bits per heavy atom. The topological polar surface area (TPSA) is 52.0 Å². The molecule has 0 fully saturated rings. The quantitative estimate of drug-likeness (QED) is 0.770. The minimum absolute atomic E-state index is 0.00643. The fraction of sp³-hybridized carbons (Fsp3) is 0. The van der Waals surface area contributed by atoms with Crippen LogP contribution < -0.4 is 5.73 Å². The molecule has 1 heterocycles. The standard InChI is InChI=1S/C15H10F2N2O/c16-11-8-4-7-10(13(11)17)14-12(15(18)19-20-14)9-5-2-1-3-6-9/h1-8H,(H2,18,19). The number of hydrogen-bond donors (Lipinski definition) is 1. The van der Waals surface area contributed by atoms with E-state index in [-0.39, 0.29) is 17.1 Å². The second-order valence-electron chi connectivity index (χ2n) is 4.24. The fourth-order valence-electron chi connectivity index (χ4n) is 2.05. The van der Waals surface area contributed by atoms with Crippen LogP contribution in [0.3, 0.4) is 0 Å². The average molecular weight is 272 g/mol. The van der Waals surface area contributed by atoms with Gasteiger partial charge in [0.15, 0.2) is 23.2 Å². The molecule has 0 bridgehead atoms. The molecule has 1 aromatic heterocycles. The van der Waals surface area contributed by atoms with Crippen LogP contribution in [0.4, 0.5) is 14.6 Å². The summed E-state index contributed by atoms with van der Waals surface area (Å²) in [6.07, 6.45) is 0. The molecule has 3 aromatic rings. The van der Waals surface area contributed by atoms with E-state index in [4.69, 9.17) is 10.3 Å². The number of nitrogen functional groups attached to an aromatic ring is 1. The molecule has 0 unspecified atom stereocenters. The first kappa shape index (κ1) is 12.3. The van der Waals surface area contributed by atoms with E-state index < -0.39 is 11.6 Å². The van der Waals surface area contributed by atoms with Crippen molar-refractivity contribution >= 4 is 5.82 Å². The molecular weight excluding hydrogens is 262 g/mol. The summed E-state index contributed by atoms with van der Waals surface area (Å²) in [7, 11) is 0. The Morgan fingerprint density at radius 1 is 0.950 bits per heavy atom.